The Morgan fingerprint density at radius 1 is 1.43 bits per heavy atom. The number of hydrogen-bond acceptors (Lipinski definition) is 3. The zero-order chi connectivity index (χ0) is 15.4. The van der Waals surface area contributed by atoms with E-state index in [4.69, 9.17) is 23.2 Å². The van der Waals surface area contributed by atoms with Crippen LogP contribution in [0.15, 0.2) is 18.2 Å². The fourth-order valence-corrected chi connectivity index (χ4v) is 2.82. The molecule has 2 N–H and O–H groups in total. The number of amides is 1. The summed E-state index contributed by atoms with van der Waals surface area (Å²) in [6.07, 6.45) is 2.01. The van der Waals surface area contributed by atoms with E-state index in [9.17, 15) is 9.90 Å². The van der Waals surface area contributed by atoms with Gasteiger partial charge in [0.15, 0.2) is 0 Å². The largest absolute Gasteiger partial charge is 0.393 e. The lowest BCUT2D eigenvalue weighted by atomic mass is 9.82. The van der Waals surface area contributed by atoms with Crippen molar-refractivity contribution in [2.24, 2.45) is 5.92 Å². The first-order chi connectivity index (χ1) is 9.94. The minimum Gasteiger partial charge on any atom is -0.393 e. The van der Waals surface area contributed by atoms with E-state index in [0.717, 1.165) is 19.4 Å². The van der Waals surface area contributed by atoms with Gasteiger partial charge in [-0.05, 0) is 44.0 Å². The van der Waals surface area contributed by atoms with Gasteiger partial charge in [-0.15, -0.1) is 0 Å². The summed E-state index contributed by atoms with van der Waals surface area (Å²) in [5.74, 6) is 0.468. The fourth-order valence-electron chi connectivity index (χ4n) is 2.48. The van der Waals surface area contributed by atoms with Crippen LogP contribution < -0.4 is 5.32 Å². The van der Waals surface area contributed by atoms with Gasteiger partial charge in [0.2, 0.25) is 5.91 Å². The molecule has 0 saturated heterocycles. The molecule has 0 unspecified atom stereocenters. The van der Waals surface area contributed by atoms with Gasteiger partial charge >= 0.3 is 0 Å². The van der Waals surface area contributed by atoms with Crippen LogP contribution in [0.1, 0.15) is 19.3 Å². The number of rotatable bonds is 6. The number of benzene rings is 1. The summed E-state index contributed by atoms with van der Waals surface area (Å²) in [7, 11) is 1.99. The molecule has 1 fully saturated rings. The Balaban J connectivity index is 1.73. The van der Waals surface area contributed by atoms with Crippen molar-refractivity contribution >= 4 is 34.8 Å². The molecule has 21 heavy (non-hydrogen) atoms. The van der Waals surface area contributed by atoms with Crippen molar-refractivity contribution in [2.75, 3.05) is 25.5 Å². The van der Waals surface area contributed by atoms with Crippen LogP contribution in [-0.2, 0) is 4.79 Å². The van der Waals surface area contributed by atoms with Crippen molar-refractivity contribution in [2.45, 2.75) is 25.4 Å². The Morgan fingerprint density at radius 2 is 2.14 bits per heavy atom. The number of aliphatic hydroxyl groups is 1. The SMILES string of the molecule is CN(CCC(=O)Nc1cc(Cl)ccc1Cl)CC1CC(O)C1. The molecule has 1 aliphatic carbocycles. The van der Waals surface area contributed by atoms with E-state index in [-0.39, 0.29) is 12.0 Å². The molecule has 1 saturated carbocycles. The molecule has 1 aromatic carbocycles. The van der Waals surface area contributed by atoms with Gasteiger partial charge in [0.1, 0.15) is 0 Å². The highest BCUT2D eigenvalue weighted by atomic mass is 35.5. The van der Waals surface area contributed by atoms with E-state index in [1.807, 2.05) is 7.05 Å². The molecule has 116 valence electrons. The van der Waals surface area contributed by atoms with Gasteiger partial charge in [-0.1, -0.05) is 23.2 Å². The molecule has 0 aromatic heterocycles. The second kappa shape index (κ2) is 7.45. The average molecular weight is 331 g/mol. The molecule has 0 bridgehead atoms. The molecule has 4 nitrogen and oxygen atoms in total. The molecule has 1 amide bonds. The standard InChI is InChI=1S/C15H20Cl2N2O2/c1-19(9-10-6-12(20)7-10)5-4-15(21)18-14-8-11(16)2-3-13(14)17/h2-3,8,10,12,20H,4-7,9H2,1H3,(H,18,21). The number of nitrogens with zero attached hydrogens (tertiary/aromatic N) is 1. The number of hydrogen-bond donors (Lipinski definition) is 2. The normalized spacial score (nSPS) is 21.2. The third-order valence-corrected chi connectivity index (χ3v) is 4.27. The molecule has 0 spiro atoms. The van der Waals surface area contributed by atoms with Crippen LogP contribution >= 0.6 is 23.2 Å². The molecule has 1 aromatic rings. The smallest absolute Gasteiger partial charge is 0.225 e. The van der Waals surface area contributed by atoms with E-state index in [1.54, 1.807) is 18.2 Å². The Labute approximate surface area is 135 Å². The number of carbonyl (C=O) groups excluding carboxylic acids is 1. The minimum atomic E-state index is -0.128. The molecular weight excluding hydrogens is 311 g/mol. The van der Waals surface area contributed by atoms with E-state index >= 15 is 0 Å². The maximum atomic E-state index is 11.9. The third-order valence-electron chi connectivity index (χ3n) is 3.70. The first kappa shape index (κ1) is 16.6. The van der Waals surface area contributed by atoms with Crippen LogP contribution in [-0.4, -0.2) is 42.2 Å². The first-order valence-corrected chi connectivity index (χ1v) is 7.81. The lowest BCUT2D eigenvalue weighted by Gasteiger charge is -2.34. The van der Waals surface area contributed by atoms with Crippen molar-refractivity contribution in [1.29, 1.82) is 0 Å². The van der Waals surface area contributed by atoms with Crippen molar-refractivity contribution in [3.8, 4) is 0 Å². The number of aliphatic hydroxyl groups excluding tert-OH is 1. The molecule has 6 heteroatoms. The molecule has 0 radical (unpaired) electrons. The summed E-state index contributed by atoms with van der Waals surface area (Å²) in [6, 6.07) is 4.98. The summed E-state index contributed by atoms with van der Waals surface area (Å²) < 4.78 is 0. The lowest BCUT2D eigenvalue weighted by Crippen LogP contribution is -2.38. The van der Waals surface area contributed by atoms with Gasteiger partial charge in [0.05, 0.1) is 16.8 Å². The van der Waals surface area contributed by atoms with Crippen molar-refractivity contribution in [1.82, 2.24) is 4.90 Å². The highest BCUT2D eigenvalue weighted by Crippen LogP contribution is 2.28. The van der Waals surface area contributed by atoms with Crippen LogP contribution in [0.2, 0.25) is 10.0 Å². The van der Waals surface area contributed by atoms with Gasteiger partial charge in [-0.3, -0.25) is 4.79 Å². The average Bonchev–Trinajstić information content (AvgIpc) is 2.39. The maximum Gasteiger partial charge on any atom is 0.225 e. The summed E-state index contributed by atoms with van der Waals surface area (Å²) in [4.78, 5) is 14.0. The quantitative estimate of drug-likeness (QED) is 0.842. The number of halogens is 2. The molecule has 0 aliphatic heterocycles. The van der Waals surface area contributed by atoms with Crippen LogP contribution in [0.3, 0.4) is 0 Å². The van der Waals surface area contributed by atoms with E-state index in [0.29, 0.717) is 34.6 Å². The van der Waals surface area contributed by atoms with Crippen molar-refractivity contribution in [3.63, 3.8) is 0 Å². The first-order valence-electron chi connectivity index (χ1n) is 7.05. The minimum absolute atomic E-state index is 0.0836. The Hall–Kier alpha value is -0.810. The Bertz CT molecular complexity index is 504. The summed E-state index contributed by atoms with van der Waals surface area (Å²) in [5.41, 5.74) is 0.541. The topological polar surface area (TPSA) is 52.6 Å². The summed E-state index contributed by atoms with van der Waals surface area (Å²) in [6.45, 7) is 1.60. The molecule has 1 aliphatic rings. The van der Waals surface area contributed by atoms with Gasteiger partial charge in [0, 0.05) is 24.5 Å². The highest BCUT2D eigenvalue weighted by molar-refractivity contribution is 6.35. The second-order valence-corrected chi connectivity index (χ2v) is 6.52. The predicted molar refractivity (Wildman–Crippen MR) is 85.9 cm³/mol. The van der Waals surface area contributed by atoms with Crippen LogP contribution in [0.4, 0.5) is 5.69 Å². The lowest BCUT2D eigenvalue weighted by molar-refractivity contribution is -0.116. The van der Waals surface area contributed by atoms with Gasteiger partial charge in [0.25, 0.3) is 0 Å². The van der Waals surface area contributed by atoms with Crippen LogP contribution in [0.5, 0.6) is 0 Å². The van der Waals surface area contributed by atoms with Gasteiger partial charge in [-0.2, -0.15) is 0 Å². The van der Waals surface area contributed by atoms with Crippen LogP contribution in [0.25, 0.3) is 0 Å². The monoisotopic (exact) mass is 330 g/mol. The molecular formula is C15H20Cl2N2O2. The zero-order valence-electron chi connectivity index (χ0n) is 12.0. The molecule has 0 heterocycles. The van der Waals surface area contributed by atoms with E-state index < -0.39 is 0 Å². The Kier molecular flexibility index (Phi) is 5.88. The molecule has 0 atom stereocenters. The van der Waals surface area contributed by atoms with Gasteiger partial charge < -0.3 is 15.3 Å². The van der Waals surface area contributed by atoms with Crippen molar-refractivity contribution < 1.29 is 9.90 Å². The summed E-state index contributed by atoms with van der Waals surface area (Å²) in [5, 5.41) is 13.0. The van der Waals surface area contributed by atoms with Crippen LogP contribution in [0, 0.1) is 5.92 Å². The summed E-state index contributed by atoms with van der Waals surface area (Å²) >= 11 is 11.9. The maximum absolute atomic E-state index is 11.9. The predicted octanol–water partition coefficient (Wildman–Crippen LogP) is 3.02. The van der Waals surface area contributed by atoms with Gasteiger partial charge in [-0.25, -0.2) is 0 Å². The van der Waals surface area contributed by atoms with E-state index in [2.05, 4.69) is 10.2 Å². The number of nitrogens with one attached hydrogen (secondary N) is 1. The number of anilines is 1. The third kappa shape index (κ3) is 5.15. The Morgan fingerprint density at radius 3 is 2.81 bits per heavy atom. The van der Waals surface area contributed by atoms with E-state index in [1.165, 1.54) is 0 Å². The fraction of sp³-hybridized carbons (Fsp3) is 0.533. The second-order valence-electron chi connectivity index (χ2n) is 5.68. The van der Waals surface area contributed by atoms with Crippen molar-refractivity contribution in [3.05, 3.63) is 28.2 Å². The highest BCUT2D eigenvalue weighted by Gasteiger charge is 2.27. The molecule has 2 rings (SSSR count). The number of carbonyl (C=O) groups is 1. The zero-order valence-corrected chi connectivity index (χ0v) is 13.5.